The number of nitrogens with one attached hydrogen (secondary N) is 1. The van der Waals surface area contributed by atoms with Gasteiger partial charge < -0.3 is 19.4 Å². The summed E-state index contributed by atoms with van der Waals surface area (Å²) in [5.74, 6) is -0.401. The Balaban J connectivity index is 0.000000206. The van der Waals surface area contributed by atoms with E-state index in [1.807, 2.05) is 0 Å². The Labute approximate surface area is 220 Å². The van der Waals surface area contributed by atoms with Crippen molar-refractivity contribution in [2.45, 2.75) is 0 Å². The number of nitro benzene ring substituents is 2. The Bertz CT molecular complexity index is 1570. The molecule has 0 fully saturated rings. The lowest BCUT2D eigenvalue weighted by Gasteiger charge is -2.10. The number of benzene rings is 2. The first-order valence-electron chi connectivity index (χ1n) is 10.6. The normalized spacial score (nSPS) is 10.7. The molecule has 0 spiro atoms. The molecule has 0 aliphatic carbocycles. The zero-order valence-corrected chi connectivity index (χ0v) is 21.9. The molecular formula is C23H22Cl2N6O6. The highest BCUT2D eigenvalue weighted by molar-refractivity contribution is 6.36. The predicted octanol–water partition coefficient (Wildman–Crippen LogP) is 4.87. The van der Waals surface area contributed by atoms with Gasteiger partial charge in [0.15, 0.2) is 0 Å². The zero-order chi connectivity index (χ0) is 27.8. The molecule has 0 aliphatic heterocycles. The van der Waals surface area contributed by atoms with Gasteiger partial charge in [-0.2, -0.15) is 0 Å². The molecule has 0 atom stereocenters. The molecule has 0 radical (unpaired) electrons. The standard InChI is InChI=1S/C12H12ClN3O3.C11H10ClN3O3/c1-14(2)12(17)10-5-7-4-8(16(18)19)6-9(13)11(7)15(10)3;1-14(2)11(16)9-4-6-3-7(15(17)18)5-8(12)10(6)13-9/h4-6H,1-3H3;3-5,13H,1-2H3. The van der Waals surface area contributed by atoms with Crippen molar-refractivity contribution in [2.24, 2.45) is 7.05 Å². The van der Waals surface area contributed by atoms with E-state index in [-0.39, 0.29) is 33.2 Å². The second-order valence-corrected chi connectivity index (χ2v) is 9.26. The van der Waals surface area contributed by atoms with Gasteiger partial charge in [-0.3, -0.25) is 29.8 Å². The predicted molar refractivity (Wildman–Crippen MR) is 141 cm³/mol. The van der Waals surface area contributed by atoms with E-state index < -0.39 is 9.85 Å². The number of amides is 2. The molecule has 2 amide bonds. The van der Waals surface area contributed by atoms with Gasteiger partial charge in [0.2, 0.25) is 0 Å². The molecule has 0 aliphatic rings. The van der Waals surface area contributed by atoms with Gasteiger partial charge in [-0.1, -0.05) is 23.2 Å². The minimum atomic E-state index is -0.522. The van der Waals surface area contributed by atoms with Crippen molar-refractivity contribution in [2.75, 3.05) is 28.2 Å². The van der Waals surface area contributed by atoms with Crippen molar-refractivity contribution >= 4 is 68.2 Å². The summed E-state index contributed by atoms with van der Waals surface area (Å²) in [5.41, 5.74) is 1.71. The van der Waals surface area contributed by atoms with Crippen molar-refractivity contribution in [1.82, 2.24) is 19.4 Å². The lowest BCUT2D eigenvalue weighted by atomic mass is 10.2. The minimum Gasteiger partial charge on any atom is -0.349 e. The van der Waals surface area contributed by atoms with Crippen LogP contribution in [-0.2, 0) is 7.05 Å². The average molecular weight is 549 g/mol. The van der Waals surface area contributed by atoms with E-state index in [1.54, 1.807) is 51.9 Å². The van der Waals surface area contributed by atoms with Gasteiger partial charge in [-0.15, -0.1) is 0 Å². The maximum absolute atomic E-state index is 12.0. The highest BCUT2D eigenvalue weighted by Crippen LogP contribution is 2.32. The van der Waals surface area contributed by atoms with E-state index in [0.717, 1.165) is 0 Å². The monoisotopic (exact) mass is 548 g/mol. The van der Waals surface area contributed by atoms with Crippen LogP contribution in [0.4, 0.5) is 11.4 Å². The van der Waals surface area contributed by atoms with E-state index in [4.69, 9.17) is 23.2 Å². The van der Waals surface area contributed by atoms with Gasteiger partial charge in [0.25, 0.3) is 23.2 Å². The number of fused-ring (bicyclic) bond motifs is 2. The van der Waals surface area contributed by atoms with Crippen LogP contribution in [0.1, 0.15) is 21.0 Å². The van der Waals surface area contributed by atoms with Crippen molar-refractivity contribution < 1.29 is 19.4 Å². The number of carbonyl (C=O) groups is 2. The molecule has 2 aromatic heterocycles. The largest absolute Gasteiger partial charge is 0.349 e. The zero-order valence-electron chi connectivity index (χ0n) is 20.4. The summed E-state index contributed by atoms with van der Waals surface area (Å²) in [7, 11) is 8.24. The molecule has 1 N–H and O–H groups in total. The van der Waals surface area contributed by atoms with Crippen LogP contribution in [0.25, 0.3) is 21.8 Å². The number of non-ortho nitro benzene ring substituents is 2. The molecule has 14 heteroatoms. The van der Waals surface area contributed by atoms with Crippen LogP contribution in [0.5, 0.6) is 0 Å². The van der Waals surface area contributed by atoms with E-state index in [1.165, 1.54) is 34.1 Å². The highest BCUT2D eigenvalue weighted by atomic mass is 35.5. The third kappa shape index (κ3) is 5.49. The molecule has 0 unspecified atom stereocenters. The van der Waals surface area contributed by atoms with E-state index in [0.29, 0.717) is 33.2 Å². The van der Waals surface area contributed by atoms with Crippen molar-refractivity contribution in [1.29, 1.82) is 0 Å². The minimum absolute atomic E-state index is 0.0908. The van der Waals surface area contributed by atoms with Crippen molar-refractivity contribution in [3.63, 3.8) is 0 Å². The number of nitro groups is 2. The van der Waals surface area contributed by atoms with Crippen LogP contribution in [0, 0.1) is 20.2 Å². The number of nitrogens with zero attached hydrogens (tertiary/aromatic N) is 5. The smallest absolute Gasteiger partial charge is 0.271 e. The van der Waals surface area contributed by atoms with Crippen LogP contribution >= 0.6 is 23.2 Å². The molecule has 194 valence electrons. The summed E-state index contributed by atoms with van der Waals surface area (Å²) in [6.07, 6.45) is 0. The van der Waals surface area contributed by atoms with Gasteiger partial charge in [0.05, 0.1) is 30.9 Å². The second kappa shape index (κ2) is 10.4. The lowest BCUT2D eigenvalue weighted by molar-refractivity contribution is -0.384. The molecule has 37 heavy (non-hydrogen) atoms. The Morgan fingerprint density at radius 3 is 1.84 bits per heavy atom. The number of hydrogen-bond donors (Lipinski definition) is 1. The van der Waals surface area contributed by atoms with Crippen LogP contribution in [-0.4, -0.2) is 69.2 Å². The van der Waals surface area contributed by atoms with Crippen LogP contribution in [0.2, 0.25) is 10.0 Å². The summed E-state index contributed by atoms with van der Waals surface area (Å²) >= 11 is 12.0. The summed E-state index contributed by atoms with van der Waals surface area (Å²) in [5, 5.41) is 23.1. The first-order chi connectivity index (χ1) is 17.2. The third-order valence-corrected chi connectivity index (χ3v) is 6.00. The highest BCUT2D eigenvalue weighted by Gasteiger charge is 2.20. The van der Waals surface area contributed by atoms with Gasteiger partial charge in [0.1, 0.15) is 11.4 Å². The van der Waals surface area contributed by atoms with Crippen molar-refractivity contribution in [3.05, 3.63) is 78.1 Å². The Hall–Kier alpha value is -4.16. The average Bonchev–Trinajstić information content (AvgIpc) is 3.40. The molecule has 2 aromatic carbocycles. The fraction of sp³-hybridized carbons (Fsp3) is 0.217. The van der Waals surface area contributed by atoms with Crippen LogP contribution in [0.3, 0.4) is 0 Å². The number of rotatable bonds is 4. The summed E-state index contributed by atoms with van der Waals surface area (Å²) in [6.45, 7) is 0. The Morgan fingerprint density at radius 1 is 0.811 bits per heavy atom. The van der Waals surface area contributed by atoms with Gasteiger partial charge in [-0.05, 0) is 12.1 Å². The fourth-order valence-electron chi connectivity index (χ4n) is 3.62. The molecule has 0 bridgehead atoms. The number of H-pyrrole nitrogens is 1. The molecule has 12 nitrogen and oxygen atoms in total. The molecular weight excluding hydrogens is 527 g/mol. The molecule has 0 saturated heterocycles. The number of aromatic nitrogens is 2. The SMILES string of the molecule is CN(C)C(=O)c1cc2cc([N+](=O)[O-])cc(Cl)c2[nH]1.CN(C)C(=O)c1cc2cc([N+](=O)[O-])cc(Cl)c2n1C. The maximum atomic E-state index is 12.0. The first-order valence-corrected chi connectivity index (χ1v) is 11.3. The quantitative estimate of drug-likeness (QED) is 0.284. The number of hydrogen-bond acceptors (Lipinski definition) is 6. The topological polar surface area (TPSA) is 148 Å². The molecule has 4 aromatic rings. The van der Waals surface area contributed by atoms with Crippen LogP contribution < -0.4 is 0 Å². The van der Waals surface area contributed by atoms with Gasteiger partial charge in [0, 0.05) is 70.3 Å². The molecule has 2 heterocycles. The van der Waals surface area contributed by atoms with E-state index in [2.05, 4.69) is 4.98 Å². The summed E-state index contributed by atoms with van der Waals surface area (Å²) < 4.78 is 1.64. The number of carbonyl (C=O) groups excluding carboxylic acids is 2. The molecule has 0 saturated carbocycles. The van der Waals surface area contributed by atoms with Gasteiger partial charge >= 0.3 is 0 Å². The lowest BCUT2D eigenvalue weighted by Crippen LogP contribution is -2.23. The third-order valence-electron chi connectivity index (χ3n) is 5.42. The molecule has 4 rings (SSSR count). The Kier molecular flexibility index (Phi) is 7.74. The summed E-state index contributed by atoms with van der Waals surface area (Å²) in [6, 6.07) is 8.49. The van der Waals surface area contributed by atoms with Crippen LogP contribution in [0.15, 0.2) is 36.4 Å². The summed E-state index contributed by atoms with van der Waals surface area (Å²) in [4.78, 5) is 49.9. The first kappa shape index (κ1) is 27.4. The Morgan fingerprint density at radius 2 is 1.32 bits per heavy atom. The number of halogens is 2. The van der Waals surface area contributed by atoms with E-state index in [9.17, 15) is 29.8 Å². The van der Waals surface area contributed by atoms with Gasteiger partial charge in [-0.25, -0.2) is 0 Å². The maximum Gasteiger partial charge on any atom is 0.271 e. The fourth-order valence-corrected chi connectivity index (χ4v) is 4.24. The number of aryl methyl sites for hydroxylation is 1. The second-order valence-electron chi connectivity index (χ2n) is 8.44. The van der Waals surface area contributed by atoms with Crippen molar-refractivity contribution in [3.8, 4) is 0 Å². The number of aromatic amines is 1. The van der Waals surface area contributed by atoms with E-state index >= 15 is 0 Å².